The number of halogens is 2. The van der Waals surface area contributed by atoms with Gasteiger partial charge in [0, 0.05) is 21.6 Å². The van der Waals surface area contributed by atoms with E-state index >= 15 is 0 Å². The highest BCUT2D eigenvalue weighted by Gasteiger charge is 2.03. The van der Waals surface area contributed by atoms with Crippen LogP contribution in [0.3, 0.4) is 0 Å². The van der Waals surface area contributed by atoms with Crippen LogP contribution in [0.5, 0.6) is 0 Å². The smallest absolute Gasteiger partial charge is 0.0549 e. The first-order chi connectivity index (χ1) is 10.2. The second-order valence-electron chi connectivity index (χ2n) is 4.65. The van der Waals surface area contributed by atoms with E-state index in [1.54, 1.807) is 11.3 Å². The number of rotatable bonds is 4. The van der Waals surface area contributed by atoms with Crippen molar-refractivity contribution in [3.63, 3.8) is 0 Å². The van der Waals surface area contributed by atoms with Crippen LogP contribution >= 0.6 is 38.9 Å². The monoisotopic (exact) mass is 377 g/mol. The lowest BCUT2D eigenvalue weighted by Crippen LogP contribution is -1.97. The number of anilines is 1. The maximum atomic E-state index is 6.00. The summed E-state index contributed by atoms with van der Waals surface area (Å²) >= 11 is 11.2. The van der Waals surface area contributed by atoms with Gasteiger partial charge in [0.1, 0.15) is 0 Å². The molecule has 1 aromatic heterocycles. The van der Waals surface area contributed by atoms with Gasteiger partial charge in [0.15, 0.2) is 0 Å². The lowest BCUT2D eigenvalue weighted by atomic mass is 10.1. The molecule has 1 N–H and O–H groups in total. The Morgan fingerprint density at radius 3 is 2.57 bits per heavy atom. The van der Waals surface area contributed by atoms with Crippen molar-refractivity contribution < 1.29 is 0 Å². The molecular weight excluding hydrogens is 366 g/mol. The molecule has 0 aliphatic carbocycles. The zero-order chi connectivity index (χ0) is 14.7. The third-order valence-electron chi connectivity index (χ3n) is 3.15. The molecule has 0 saturated carbocycles. The summed E-state index contributed by atoms with van der Waals surface area (Å²) in [6.07, 6.45) is 0. The lowest BCUT2D eigenvalue weighted by molar-refractivity contribution is 1.19. The average Bonchev–Trinajstić information content (AvgIpc) is 2.98. The van der Waals surface area contributed by atoms with Crippen molar-refractivity contribution >= 4 is 44.6 Å². The second kappa shape index (κ2) is 6.65. The molecule has 0 saturated heterocycles. The van der Waals surface area contributed by atoms with Crippen LogP contribution < -0.4 is 5.32 Å². The fourth-order valence-corrected chi connectivity index (χ4v) is 3.38. The van der Waals surface area contributed by atoms with Gasteiger partial charge in [-0.15, -0.1) is 11.3 Å². The SMILES string of the molecule is Clc1ccc(NCc2cc(-c3ccccc3)cs2)cc1Br. The molecule has 2 aromatic carbocycles. The van der Waals surface area contributed by atoms with Gasteiger partial charge in [-0.1, -0.05) is 41.9 Å². The van der Waals surface area contributed by atoms with Crippen molar-refractivity contribution in [3.8, 4) is 11.1 Å². The molecule has 0 spiro atoms. The summed E-state index contributed by atoms with van der Waals surface area (Å²) < 4.78 is 0.908. The summed E-state index contributed by atoms with van der Waals surface area (Å²) in [5.41, 5.74) is 3.59. The van der Waals surface area contributed by atoms with Crippen LogP contribution in [0.4, 0.5) is 5.69 Å². The second-order valence-corrected chi connectivity index (χ2v) is 6.91. The molecule has 1 nitrogen and oxygen atoms in total. The Balaban J connectivity index is 1.69. The standard InChI is InChI=1S/C17H13BrClNS/c18-16-9-14(6-7-17(16)19)20-10-15-8-13(11-21-15)12-4-2-1-3-5-12/h1-9,11,20H,10H2. The molecule has 3 aromatic rings. The van der Waals surface area contributed by atoms with Gasteiger partial charge in [-0.3, -0.25) is 0 Å². The Labute approximate surface area is 141 Å². The molecule has 4 heteroatoms. The molecule has 0 fully saturated rings. The Hall–Kier alpha value is -1.29. The summed E-state index contributed by atoms with van der Waals surface area (Å²) in [5.74, 6) is 0. The highest BCUT2D eigenvalue weighted by Crippen LogP contribution is 2.28. The van der Waals surface area contributed by atoms with E-state index in [9.17, 15) is 0 Å². The van der Waals surface area contributed by atoms with E-state index < -0.39 is 0 Å². The third kappa shape index (κ3) is 3.67. The predicted molar refractivity (Wildman–Crippen MR) is 96.2 cm³/mol. The molecule has 1 heterocycles. The zero-order valence-corrected chi connectivity index (χ0v) is 14.3. The summed E-state index contributed by atoms with van der Waals surface area (Å²) in [6, 6.07) is 18.5. The van der Waals surface area contributed by atoms with Gasteiger partial charge in [-0.2, -0.15) is 0 Å². The topological polar surface area (TPSA) is 12.0 Å². The van der Waals surface area contributed by atoms with E-state index in [0.717, 1.165) is 21.7 Å². The van der Waals surface area contributed by atoms with Crippen molar-refractivity contribution in [1.29, 1.82) is 0 Å². The summed E-state index contributed by atoms with van der Waals surface area (Å²) in [6.45, 7) is 0.811. The fraction of sp³-hybridized carbons (Fsp3) is 0.0588. The minimum atomic E-state index is 0.725. The summed E-state index contributed by atoms with van der Waals surface area (Å²) in [5, 5.41) is 6.34. The zero-order valence-electron chi connectivity index (χ0n) is 11.1. The quantitative estimate of drug-likeness (QED) is 0.550. The average molecular weight is 379 g/mol. The molecule has 0 bridgehead atoms. The first-order valence-corrected chi connectivity index (χ1v) is 8.59. The number of thiophene rings is 1. The molecule has 0 amide bonds. The first kappa shape index (κ1) is 14.6. The van der Waals surface area contributed by atoms with E-state index in [1.165, 1.54) is 16.0 Å². The van der Waals surface area contributed by atoms with Crippen molar-refractivity contribution in [3.05, 3.63) is 74.3 Å². The van der Waals surface area contributed by atoms with Crippen LogP contribution in [-0.4, -0.2) is 0 Å². The van der Waals surface area contributed by atoms with Gasteiger partial charge < -0.3 is 5.32 Å². The van der Waals surface area contributed by atoms with Crippen LogP contribution in [0.25, 0.3) is 11.1 Å². The molecule has 0 aliphatic heterocycles. The Morgan fingerprint density at radius 2 is 1.81 bits per heavy atom. The highest BCUT2D eigenvalue weighted by molar-refractivity contribution is 9.10. The van der Waals surface area contributed by atoms with Crippen molar-refractivity contribution in [1.82, 2.24) is 0 Å². The van der Waals surface area contributed by atoms with Crippen molar-refractivity contribution in [2.45, 2.75) is 6.54 Å². The maximum absolute atomic E-state index is 6.00. The third-order valence-corrected chi connectivity index (χ3v) is 5.30. The molecule has 0 atom stereocenters. The van der Waals surface area contributed by atoms with Gasteiger partial charge >= 0.3 is 0 Å². The van der Waals surface area contributed by atoms with Crippen LogP contribution in [0.15, 0.2) is 64.5 Å². The van der Waals surface area contributed by atoms with Crippen LogP contribution in [0.2, 0.25) is 5.02 Å². The Kier molecular flexibility index (Phi) is 4.63. The predicted octanol–water partition coefficient (Wildman–Crippen LogP) is 6.44. The summed E-state index contributed by atoms with van der Waals surface area (Å²) in [7, 11) is 0. The number of benzene rings is 2. The van der Waals surface area contributed by atoms with Crippen molar-refractivity contribution in [2.24, 2.45) is 0 Å². The van der Waals surface area contributed by atoms with E-state index in [4.69, 9.17) is 11.6 Å². The van der Waals surface area contributed by atoms with Crippen molar-refractivity contribution in [2.75, 3.05) is 5.32 Å². The highest BCUT2D eigenvalue weighted by atomic mass is 79.9. The lowest BCUT2D eigenvalue weighted by Gasteiger charge is -2.06. The Morgan fingerprint density at radius 1 is 1.00 bits per heavy atom. The first-order valence-electron chi connectivity index (χ1n) is 6.54. The number of hydrogen-bond donors (Lipinski definition) is 1. The Bertz CT molecular complexity index is 740. The number of hydrogen-bond acceptors (Lipinski definition) is 2. The number of nitrogens with one attached hydrogen (secondary N) is 1. The van der Waals surface area contributed by atoms with Gasteiger partial charge in [0.25, 0.3) is 0 Å². The van der Waals surface area contributed by atoms with E-state index in [0.29, 0.717) is 0 Å². The van der Waals surface area contributed by atoms with Crippen LogP contribution in [0.1, 0.15) is 4.88 Å². The molecule has 21 heavy (non-hydrogen) atoms. The van der Waals surface area contributed by atoms with E-state index in [1.807, 2.05) is 24.3 Å². The van der Waals surface area contributed by atoms with E-state index in [-0.39, 0.29) is 0 Å². The molecule has 3 rings (SSSR count). The van der Waals surface area contributed by atoms with Gasteiger partial charge in [-0.05, 0) is 56.7 Å². The largest absolute Gasteiger partial charge is 0.380 e. The summed E-state index contributed by atoms with van der Waals surface area (Å²) in [4.78, 5) is 1.31. The molecule has 106 valence electrons. The maximum Gasteiger partial charge on any atom is 0.0549 e. The van der Waals surface area contributed by atoms with E-state index in [2.05, 4.69) is 57.0 Å². The van der Waals surface area contributed by atoms with Gasteiger partial charge in [0.05, 0.1) is 5.02 Å². The molecular formula is C17H13BrClNS. The fourth-order valence-electron chi connectivity index (χ4n) is 2.05. The normalized spacial score (nSPS) is 10.6. The van der Waals surface area contributed by atoms with Crippen LogP contribution in [0, 0.1) is 0 Å². The molecule has 0 radical (unpaired) electrons. The molecule has 0 unspecified atom stereocenters. The van der Waals surface area contributed by atoms with Gasteiger partial charge in [0.2, 0.25) is 0 Å². The molecule has 0 aliphatic rings. The van der Waals surface area contributed by atoms with Gasteiger partial charge in [-0.25, -0.2) is 0 Å². The minimum Gasteiger partial charge on any atom is -0.380 e. The minimum absolute atomic E-state index is 0.725. The van der Waals surface area contributed by atoms with Crippen LogP contribution in [-0.2, 0) is 6.54 Å².